The van der Waals surface area contributed by atoms with Gasteiger partial charge in [0.1, 0.15) is 42.5 Å². The topological polar surface area (TPSA) is 441 Å². The molecule has 3 saturated heterocycles. The minimum absolute atomic E-state index is 0.0434. The molecule has 3 fully saturated rings. The fourth-order valence-corrected chi connectivity index (χ4v) is 15.9. The molecular weight excluding hydrogens is 1410 g/mol. The molecule has 13 N–H and O–H groups in total. The van der Waals surface area contributed by atoms with Gasteiger partial charge in [0.15, 0.2) is 0 Å². The minimum Gasteiger partial charge on any atom is -0.480 e. The number of aliphatic hydroxyl groups is 1. The van der Waals surface area contributed by atoms with Crippen LogP contribution in [0.1, 0.15) is 113 Å². The Bertz CT molecular complexity index is 3200. The number of hydrogen-bond acceptors (Lipinski definition) is 22. The molecule has 31 nitrogen and oxygen atoms in total. The molecule has 4 heterocycles. The summed E-state index contributed by atoms with van der Waals surface area (Å²) in [6, 6.07) is 6.42. The van der Waals surface area contributed by atoms with Crippen LogP contribution < -0.4 is 37.6 Å². The summed E-state index contributed by atoms with van der Waals surface area (Å²) < 4.78 is 0. The number of rotatable bonds is 28. The number of nitrogens with two attached hydrogens (primary N) is 1. The molecule has 4 aliphatic rings. The Labute approximate surface area is 619 Å². The van der Waals surface area contributed by atoms with Gasteiger partial charge in [-0.15, -0.1) is 0 Å². The summed E-state index contributed by atoms with van der Waals surface area (Å²) in [5, 5.41) is 65.8. The number of nitrogens with one attached hydrogen (secondary N) is 6. The van der Waals surface area contributed by atoms with E-state index in [4.69, 9.17) is 5.73 Å². The average Bonchev–Trinajstić information content (AvgIpc) is 1.64. The molecule has 4 aliphatic heterocycles. The van der Waals surface area contributed by atoms with E-state index in [2.05, 4.69) is 38.0 Å². The van der Waals surface area contributed by atoms with Gasteiger partial charge in [0.2, 0.25) is 47.3 Å². The average molecular weight is 1510 g/mol. The van der Waals surface area contributed by atoms with Gasteiger partial charge in [-0.05, 0) is 86.4 Å². The highest BCUT2D eigenvalue weighted by molar-refractivity contribution is 7.99. The van der Waals surface area contributed by atoms with Gasteiger partial charge < -0.3 is 68.1 Å². The number of benzene rings is 2. The maximum absolute atomic E-state index is 14.8. The second-order valence-corrected chi connectivity index (χ2v) is 30.1. The predicted molar refractivity (Wildman–Crippen MR) is 392 cm³/mol. The second-order valence-electron chi connectivity index (χ2n) is 26.9. The Hall–Kier alpha value is -7.44. The predicted octanol–water partition coefficient (Wildman–Crippen LogP) is -0.226. The zero-order valence-corrected chi connectivity index (χ0v) is 62.0. The lowest BCUT2D eigenvalue weighted by Gasteiger charge is -2.33. The van der Waals surface area contributed by atoms with Crippen molar-refractivity contribution in [2.24, 2.45) is 5.73 Å². The number of hydrogen-bond donors (Lipinski definition) is 12. The summed E-state index contributed by atoms with van der Waals surface area (Å²) in [7, 11) is 0. The molecule has 0 unspecified atom stereocenters. The van der Waals surface area contributed by atoms with Gasteiger partial charge >= 0.3 is 23.9 Å². The fourth-order valence-electron chi connectivity index (χ4n) is 13.0. The van der Waals surface area contributed by atoms with E-state index in [1.54, 1.807) is 68.6 Å². The molecule has 8 amide bonds. The van der Waals surface area contributed by atoms with Crippen molar-refractivity contribution in [1.82, 2.24) is 61.3 Å². The van der Waals surface area contributed by atoms with Crippen LogP contribution in [0.4, 0.5) is 0 Å². The Kier molecular flexibility index (Phi) is 37.1. The first-order chi connectivity index (χ1) is 49.7. The molecule has 0 spiro atoms. The molecule has 6 rings (SSSR count). The highest BCUT2D eigenvalue weighted by atomic mass is 32.2. The molecule has 2 bridgehead atoms. The standard InChI is InChI=1S/C70H105N13O18S3/c1-3-4-6-17-59(87)73-51-36-82-20-9-16-57(82)70(101)83-21-10-15-56(83)68(99)77-64(46(2)84)69(100)74-53(18-19-58(71)86)66(97)75-54(34-47-12-7-5-8-13-47)67(98)76-55(65(96)72-35-60(88)89)45-104-43-50-32-48(31-49(33-50)42-103-44-51)41-102-30-11-14-52(85)37-78-22-24-79(38-61(90)91)26-28-81(40-63(94)95)29-27-80(25-23-78)39-62(92)93/h5,7-8,12-13,31-33,46,51,53-57,64,84H,3-4,6,9-11,14-30,34-45H2,1-2H3,(H2,71,86)(H,72,96)(H,73,87)(H,74,100)(H,75,97)(H,76,98)(H,77,99)(H,88,89)(H,90,91)(H,92,93)(H,94,95)/t46-,51-,53+,54+,55+,56+,57+,64+/m1/s1. The van der Waals surface area contributed by atoms with E-state index in [-0.39, 0.29) is 127 Å². The molecule has 576 valence electrons. The quantitative estimate of drug-likeness (QED) is 0.0490. The van der Waals surface area contributed by atoms with Crippen molar-refractivity contribution in [2.75, 3.05) is 122 Å². The normalized spacial score (nSPS) is 23.2. The van der Waals surface area contributed by atoms with Gasteiger partial charge in [-0.3, -0.25) is 86.8 Å². The van der Waals surface area contributed by atoms with Crippen LogP contribution in [0.15, 0.2) is 48.5 Å². The number of Topliss-reactive ketones (excluding diaryl/α,β-unsaturated/α-hetero) is 1. The molecule has 8 atom stereocenters. The third-order valence-electron chi connectivity index (χ3n) is 18.3. The van der Waals surface area contributed by atoms with Crippen LogP contribution in [0.2, 0.25) is 0 Å². The third kappa shape index (κ3) is 30.9. The molecule has 0 saturated carbocycles. The smallest absolute Gasteiger partial charge is 0.322 e. The molecule has 0 aliphatic carbocycles. The number of carbonyl (C=O) groups excluding carboxylic acids is 9. The third-order valence-corrected chi connectivity index (χ3v) is 21.7. The number of aliphatic hydroxyl groups excluding tert-OH is 1. The largest absolute Gasteiger partial charge is 0.480 e. The zero-order chi connectivity index (χ0) is 75.7. The Morgan fingerprint density at radius 1 is 0.615 bits per heavy atom. The van der Waals surface area contributed by atoms with Crippen LogP contribution in [-0.4, -0.2) is 302 Å². The molecule has 104 heavy (non-hydrogen) atoms. The van der Waals surface area contributed by atoms with E-state index >= 15 is 0 Å². The number of carboxylic acids is 4. The van der Waals surface area contributed by atoms with Gasteiger partial charge in [-0.1, -0.05) is 68.3 Å². The first-order valence-electron chi connectivity index (χ1n) is 35.7. The van der Waals surface area contributed by atoms with Crippen LogP contribution >= 0.6 is 35.3 Å². The number of nitrogens with zero attached hydrogens (tertiary/aromatic N) is 6. The summed E-state index contributed by atoms with van der Waals surface area (Å²) in [5.41, 5.74) is 8.79. The van der Waals surface area contributed by atoms with E-state index in [0.29, 0.717) is 93.3 Å². The maximum Gasteiger partial charge on any atom is 0.322 e. The van der Waals surface area contributed by atoms with Gasteiger partial charge in [-0.25, -0.2) is 0 Å². The molecular formula is C70H105N13O18S3. The first-order valence-corrected chi connectivity index (χ1v) is 39.2. The fraction of sp³-hybridized carbons (Fsp3) is 0.643. The number of carbonyl (C=O) groups is 13. The van der Waals surface area contributed by atoms with Gasteiger partial charge in [0, 0.05) is 120 Å². The van der Waals surface area contributed by atoms with Crippen LogP contribution in [0.25, 0.3) is 0 Å². The van der Waals surface area contributed by atoms with Crippen molar-refractivity contribution in [2.45, 2.75) is 163 Å². The lowest BCUT2D eigenvalue weighted by atomic mass is 10.0. The SMILES string of the molecule is CCCCCC(=O)N[C@H]1CSCc2cc(CSCCCC(=O)CN3CCN(CC(=O)O)CCN(CC(=O)O)CCN(CC(=O)O)CC3)cc(c2)CSC[C@@H](C(=O)NCC(=O)O)NC(=O)[C@H](Cc2ccccc2)NC(=O)[C@H](CCC(N)=O)NC(=O)[C@H]([C@@H](C)O)NC(=O)[C@@H]2CCCN2C(=O)[C@@H]2CCCN2C1. The van der Waals surface area contributed by atoms with Crippen molar-refractivity contribution in [1.29, 1.82) is 0 Å². The number of unbranched alkanes of at least 4 members (excludes halogenated alkanes) is 2. The second kappa shape index (κ2) is 45.2. The van der Waals surface area contributed by atoms with E-state index < -0.39 is 121 Å². The Balaban J connectivity index is 1.28. The number of primary amides is 1. The first kappa shape index (κ1) is 85.5. The highest BCUT2D eigenvalue weighted by Crippen LogP contribution is 2.28. The molecule has 2 aromatic carbocycles. The Morgan fingerprint density at radius 2 is 1.18 bits per heavy atom. The number of ketones is 1. The molecule has 34 heteroatoms. The molecule has 2 aromatic rings. The van der Waals surface area contributed by atoms with Gasteiger partial charge in [-0.2, -0.15) is 35.3 Å². The maximum atomic E-state index is 14.8. The van der Waals surface area contributed by atoms with Gasteiger partial charge in [0.05, 0.1) is 44.4 Å². The van der Waals surface area contributed by atoms with Crippen LogP contribution in [0.5, 0.6) is 0 Å². The number of fused-ring (bicyclic) bond motifs is 4. The highest BCUT2D eigenvalue weighted by Gasteiger charge is 2.43. The molecule has 0 radical (unpaired) electrons. The number of amides is 8. The lowest BCUT2D eigenvalue weighted by molar-refractivity contribution is -0.143. The lowest BCUT2D eigenvalue weighted by Crippen LogP contribution is -2.61. The van der Waals surface area contributed by atoms with E-state index in [1.165, 1.54) is 23.6 Å². The number of carboxylic acid groups (broad SMARTS) is 4. The van der Waals surface area contributed by atoms with Crippen molar-refractivity contribution in [3.05, 3.63) is 70.8 Å². The minimum atomic E-state index is -1.68. The summed E-state index contributed by atoms with van der Waals surface area (Å²) in [6.07, 6.45) is 2.83. The summed E-state index contributed by atoms with van der Waals surface area (Å²) in [6.45, 7) is 4.87. The van der Waals surface area contributed by atoms with Crippen molar-refractivity contribution in [3.63, 3.8) is 0 Å². The van der Waals surface area contributed by atoms with E-state index in [1.807, 2.05) is 28.9 Å². The van der Waals surface area contributed by atoms with Crippen LogP contribution in [0, 0.1) is 0 Å². The van der Waals surface area contributed by atoms with Crippen molar-refractivity contribution >= 4 is 112 Å². The monoisotopic (exact) mass is 1510 g/mol. The van der Waals surface area contributed by atoms with Gasteiger partial charge in [0.25, 0.3) is 0 Å². The number of thioether (sulfide) groups is 3. The van der Waals surface area contributed by atoms with Crippen molar-refractivity contribution in [3.8, 4) is 0 Å². The van der Waals surface area contributed by atoms with Crippen molar-refractivity contribution < 1.29 is 87.9 Å². The zero-order valence-electron chi connectivity index (χ0n) is 59.5. The van der Waals surface area contributed by atoms with E-state index in [9.17, 15) is 87.9 Å². The van der Waals surface area contributed by atoms with E-state index in [0.717, 1.165) is 29.5 Å². The number of aliphatic carboxylic acids is 4. The van der Waals surface area contributed by atoms with Crippen LogP contribution in [-0.2, 0) is 86.0 Å². The summed E-state index contributed by atoms with van der Waals surface area (Å²) >= 11 is 4.45. The van der Waals surface area contributed by atoms with Crippen LogP contribution in [0.3, 0.4) is 0 Å². The summed E-state index contributed by atoms with van der Waals surface area (Å²) in [5.74, 6) is -8.10. The summed E-state index contributed by atoms with van der Waals surface area (Å²) in [4.78, 5) is 184. The molecule has 0 aromatic heterocycles. The Morgan fingerprint density at radius 3 is 1.76 bits per heavy atom.